The van der Waals surface area contributed by atoms with Gasteiger partial charge in [0, 0.05) is 36.8 Å². The number of nitrogens with zero attached hydrogens (tertiary/aromatic N) is 2. The van der Waals surface area contributed by atoms with Gasteiger partial charge in [-0.3, -0.25) is 19.3 Å². The van der Waals surface area contributed by atoms with Crippen LogP contribution in [0, 0.1) is 5.82 Å². The van der Waals surface area contributed by atoms with Gasteiger partial charge in [-0.1, -0.05) is 43.5 Å². The van der Waals surface area contributed by atoms with Gasteiger partial charge in [-0.2, -0.15) is 0 Å². The average Bonchev–Trinajstić information content (AvgIpc) is 2.97. The highest BCUT2D eigenvalue weighted by atomic mass is 19.1. The number of carbonyl (C=O) groups excluding carboxylic acids is 3. The molecule has 0 radical (unpaired) electrons. The van der Waals surface area contributed by atoms with Crippen LogP contribution in [0.15, 0.2) is 72.9 Å². The monoisotopic (exact) mass is 546 g/mol. The van der Waals surface area contributed by atoms with Crippen molar-refractivity contribution in [3.05, 3.63) is 84.3 Å². The highest BCUT2D eigenvalue weighted by Crippen LogP contribution is 2.32. The third-order valence-corrected chi connectivity index (χ3v) is 6.97. The van der Waals surface area contributed by atoms with E-state index in [0.29, 0.717) is 22.8 Å². The van der Waals surface area contributed by atoms with E-state index in [2.05, 4.69) is 15.6 Å². The molecule has 3 aromatic rings. The zero-order chi connectivity index (χ0) is 28.3. The number of hydrogen-bond donors (Lipinski definition) is 2. The molecule has 0 unspecified atom stereocenters. The molecule has 2 aromatic carbocycles. The van der Waals surface area contributed by atoms with Crippen molar-refractivity contribution < 1.29 is 23.5 Å². The Kier molecular flexibility index (Phi) is 10.2. The first kappa shape index (κ1) is 28.7. The minimum absolute atomic E-state index is 0.0151. The van der Waals surface area contributed by atoms with Crippen molar-refractivity contribution >= 4 is 29.2 Å². The van der Waals surface area contributed by atoms with Crippen molar-refractivity contribution in [3.63, 3.8) is 0 Å². The summed E-state index contributed by atoms with van der Waals surface area (Å²) < 4.78 is 19.3. The Bertz CT molecular complexity index is 1280. The van der Waals surface area contributed by atoms with E-state index < -0.39 is 11.9 Å². The Balaban J connectivity index is 1.59. The summed E-state index contributed by atoms with van der Waals surface area (Å²) >= 11 is 0. The molecule has 40 heavy (non-hydrogen) atoms. The molecule has 1 heterocycles. The third kappa shape index (κ3) is 7.88. The second-order valence-corrected chi connectivity index (χ2v) is 9.88. The lowest BCUT2D eigenvalue weighted by Gasteiger charge is -2.33. The molecule has 1 aliphatic rings. The Hall–Kier alpha value is -4.27. The largest absolute Gasteiger partial charge is 0.497 e. The first-order valence-electron chi connectivity index (χ1n) is 13.7. The lowest BCUT2D eigenvalue weighted by atomic mass is 9.94. The van der Waals surface area contributed by atoms with Gasteiger partial charge < -0.3 is 15.4 Å². The fourth-order valence-electron chi connectivity index (χ4n) is 4.95. The highest BCUT2D eigenvalue weighted by molar-refractivity contribution is 6.01. The summed E-state index contributed by atoms with van der Waals surface area (Å²) in [6, 6.07) is 16.7. The van der Waals surface area contributed by atoms with E-state index in [1.54, 1.807) is 48.7 Å². The molecule has 1 atom stereocenters. The standard InChI is InChI=1S/C31H35FN4O4/c1-40-26-12-7-11-25(21-26)36(29(38)15-8-14-28(37)35-27-13-5-6-20-33-27)30(22-16-18-23(32)19-17-22)31(39)34-24-9-3-2-4-10-24/h5-7,11-13,16-21,24,30H,2-4,8-10,14-15H2,1H3,(H,34,39)(H,33,35,37)/t30-/m0/s1. The number of nitrogens with one attached hydrogen (secondary N) is 2. The summed E-state index contributed by atoms with van der Waals surface area (Å²) in [6.45, 7) is 0. The molecule has 2 N–H and O–H groups in total. The van der Waals surface area contributed by atoms with Crippen LogP contribution in [0.2, 0.25) is 0 Å². The fraction of sp³-hybridized carbons (Fsp3) is 0.355. The maximum absolute atomic E-state index is 13.9. The van der Waals surface area contributed by atoms with Gasteiger partial charge in [0.15, 0.2) is 0 Å². The lowest BCUT2D eigenvalue weighted by Crippen LogP contribution is -2.47. The summed E-state index contributed by atoms with van der Waals surface area (Å²) in [4.78, 5) is 45.7. The number of ether oxygens (including phenoxy) is 1. The van der Waals surface area contributed by atoms with Gasteiger partial charge in [-0.15, -0.1) is 0 Å². The van der Waals surface area contributed by atoms with E-state index in [1.807, 2.05) is 0 Å². The van der Waals surface area contributed by atoms with Gasteiger partial charge in [0.1, 0.15) is 23.4 Å². The molecule has 0 aliphatic heterocycles. The van der Waals surface area contributed by atoms with Crippen LogP contribution in [0.5, 0.6) is 5.75 Å². The SMILES string of the molecule is COc1cccc(N(C(=O)CCCC(=O)Nc2ccccn2)[C@H](C(=O)NC2CCCCC2)c2ccc(F)cc2)c1. The molecule has 0 bridgehead atoms. The van der Waals surface area contributed by atoms with Crippen LogP contribution in [-0.4, -0.2) is 35.9 Å². The van der Waals surface area contributed by atoms with Crippen molar-refractivity contribution in [2.75, 3.05) is 17.3 Å². The molecule has 1 aliphatic carbocycles. The van der Waals surface area contributed by atoms with Crippen molar-refractivity contribution in [1.82, 2.24) is 10.3 Å². The molecule has 8 nitrogen and oxygen atoms in total. The number of rotatable bonds is 11. The molecule has 0 saturated heterocycles. The Labute approximate surface area is 233 Å². The number of hydrogen-bond acceptors (Lipinski definition) is 5. The van der Waals surface area contributed by atoms with E-state index in [1.165, 1.54) is 36.3 Å². The molecule has 9 heteroatoms. The Morgan fingerprint density at radius 3 is 2.48 bits per heavy atom. The summed E-state index contributed by atoms with van der Waals surface area (Å²) in [7, 11) is 1.53. The van der Waals surface area contributed by atoms with E-state index >= 15 is 0 Å². The van der Waals surface area contributed by atoms with Gasteiger partial charge in [0.2, 0.25) is 17.7 Å². The first-order chi connectivity index (χ1) is 19.4. The van der Waals surface area contributed by atoms with Crippen LogP contribution >= 0.6 is 0 Å². The van der Waals surface area contributed by atoms with Crippen LogP contribution in [0.3, 0.4) is 0 Å². The zero-order valence-electron chi connectivity index (χ0n) is 22.6. The number of carbonyl (C=O) groups is 3. The van der Waals surface area contributed by atoms with Gasteiger partial charge in [-0.25, -0.2) is 9.37 Å². The summed E-state index contributed by atoms with van der Waals surface area (Å²) in [5.41, 5.74) is 0.953. The van der Waals surface area contributed by atoms with Crippen molar-refractivity contribution in [1.29, 1.82) is 0 Å². The average molecular weight is 547 g/mol. The number of benzene rings is 2. The minimum atomic E-state index is -1.04. The van der Waals surface area contributed by atoms with Crippen LogP contribution in [0.4, 0.5) is 15.9 Å². The molecule has 1 saturated carbocycles. The molecule has 1 aromatic heterocycles. The zero-order valence-corrected chi connectivity index (χ0v) is 22.6. The number of halogens is 1. The quantitative estimate of drug-likeness (QED) is 0.328. The first-order valence-corrected chi connectivity index (χ1v) is 13.7. The number of aromatic nitrogens is 1. The normalized spacial score (nSPS) is 14.2. The van der Waals surface area contributed by atoms with E-state index in [-0.39, 0.29) is 43.0 Å². The van der Waals surface area contributed by atoms with Crippen LogP contribution in [0.1, 0.15) is 63.0 Å². The van der Waals surface area contributed by atoms with Crippen LogP contribution < -0.4 is 20.3 Å². The fourth-order valence-corrected chi connectivity index (χ4v) is 4.95. The number of methoxy groups -OCH3 is 1. The minimum Gasteiger partial charge on any atom is -0.497 e. The van der Waals surface area contributed by atoms with E-state index in [9.17, 15) is 18.8 Å². The molecular weight excluding hydrogens is 511 g/mol. The van der Waals surface area contributed by atoms with Gasteiger partial charge in [-0.05, 0) is 61.2 Å². The highest BCUT2D eigenvalue weighted by Gasteiger charge is 2.34. The predicted molar refractivity (Wildman–Crippen MR) is 151 cm³/mol. The molecule has 210 valence electrons. The number of anilines is 2. The van der Waals surface area contributed by atoms with Gasteiger partial charge in [0.25, 0.3) is 0 Å². The van der Waals surface area contributed by atoms with Crippen molar-refractivity contribution in [2.24, 2.45) is 0 Å². The number of pyridine rings is 1. The second-order valence-electron chi connectivity index (χ2n) is 9.88. The molecule has 0 spiro atoms. The van der Waals surface area contributed by atoms with Crippen LogP contribution in [-0.2, 0) is 14.4 Å². The maximum Gasteiger partial charge on any atom is 0.248 e. The molecule has 1 fully saturated rings. The van der Waals surface area contributed by atoms with Crippen molar-refractivity contribution in [3.8, 4) is 5.75 Å². The topological polar surface area (TPSA) is 101 Å². The van der Waals surface area contributed by atoms with Gasteiger partial charge >= 0.3 is 0 Å². The molecule has 4 rings (SSSR count). The summed E-state index contributed by atoms with van der Waals surface area (Å²) in [5.74, 6) is -0.407. The molecule has 3 amide bonds. The van der Waals surface area contributed by atoms with E-state index in [4.69, 9.17) is 4.74 Å². The third-order valence-electron chi connectivity index (χ3n) is 6.97. The number of amides is 3. The van der Waals surface area contributed by atoms with Crippen LogP contribution in [0.25, 0.3) is 0 Å². The lowest BCUT2D eigenvalue weighted by molar-refractivity contribution is -0.127. The smallest absolute Gasteiger partial charge is 0.248 e. The Morgan fingerprint density at radius 2 is 1.77 bits per heavy atom. The predicted octanol–water partition coefficient (Wildman–Crippen LogP) is 5.56. The summed E-state index contributed by atoms with van der Waals surface area (Å²) in [6.07, 6.45) is 6.91. The van der Waals surface area contributed by atoms with E-state index in [0.717, 1.165) is 32.1 Å². The Morgan fingerprint density at radius 1 is 1.00 bits per heavy atom. The summed E-state index contributed by atoms with van der Waals surface area (Å²) in [5, 5.41) is 5.86. The van der Waals surface area contributed by atoms with Gasteiger partial charge in [0.05, 0.1) is 7.11 Å². The van der Waals surface area contributed by atoms with Crippen molar-refractivity contribution in [2.45, 2.75) is 63.5 Å². The second kappa shape index (κ2) is 14.2. The maximum atomic E-state index is 13.9. The molecular formula is C31H35FN4O4.